The van der Waals surface area contributed by atoms with Crippen LogP contribution in [-0.2, 0) is 19.0 Å². The van der Waals surface area contributed by atoms with Gasteiger partial charge in [0.15, 0.2) is 5.69 Å². The lowest BCUT2D eigenvalue weighted by molar-refractivity contribution is -0.153. The van der Waals surface area contributed by atoms with Crippen molar-refractivity contribution >= 4 is 18.0 Å². The van der Waals surface area contributed by atoms with E-state index in [1.807, 2.05) is 0 Å². The Hall–Kier alpha value is -3.08. The largest absolute Gasteiger partial charge is 0.514 e. The number of fused-ring (bicyclic) bond motifs is 2. The highest BCUT2D eigenvalue weighted by Gasteiger charge is 2.38. The molecule has 3 heterocycles. The van der Waals surface area contributed by atoms with Gasteiger partial charge in [0, 0.05) is 18.8 Å². The number of carbonyl (C=O) groups excluding carboxylic acids is 3. The second-order valence-electron chi connectivity index (χ2n) is 6.96. The number of ether oxygens (including phenoxy) is 4. The van der Waals surface area contributed by atoms with Crippen LogP contribution in [0.15, 0.2) is 17.1 Å². The highest BCUT2D eigenvalue weighted by Crippen LogP contribution is 2.23. The molecule has 1 atom stereocenters. The third kappa shape index (κ3) is 3.65. The average molecular weight is 395 g/mol. The van der Waals surface area contributed by atoms with E-state index in [9.17, 15) is 19.2 Å². The summed E-state index contributed by atoms with van der Waals surface area (Å²) in [7, 11) is 1.22. The molecule has 0 radical (unpaired) electrons. The zero-order chi connectivity index (χ0) is 20.5. The first-order chi connectivity index (χ1) is 13.2. The van der Waals surface area contributed by atoms with Crippen molar-refractivity contribution in [1.82, 2.24) is 9.58 Å². The van der Waals surface area contributed by atoms with Gasteiger partial charge in [-0.05, 0) is 13.8 Å². The van der Waals surface area contributed by atoms with Gasteiger partial charge < -0.3 is 29.3 Å². The van der Waals surface area contributed by atoms with Gasteiger partial charge in [0.05, 0.1) is 25.7 Å². The predicted molar refractivity (Wildman–Crippen MR) is 93.5 cm³/mol. The Labute approximate surface area is 160 Å². The quantitative estimate of drug-likeness (QED) is 0.697. The van der Waals surface area contributed by atoms with E-state index in [-0.39, 0.29) is 18.9 Å². The smallest absolute Gasteiger partial charge is 0.469 e. The van der Waals surface area contributed by atoms with Gasteiger partial charge in [-0.2, -0.15) is 0 Å². The molecule has 2 aliphatic heterocycles. The molecule has 3 rings (SSSR count). The lowest BCUT2D eigenvalue weighted by Gasteiger charge is -2.41. The van der Waals surface area contributed by atoms with Gasteiger partial charge in [-0.1, -0.05) is 0 Å². The molecule has 0 bridgehead atoms. The summed E-state index contributed by atoms with van der Waals surface area (Å²) in [5, 5.41) is 0. The minimum absolute atomic E-state index is 0.116. The lowest BCUT2D eigenvalue weighted by Crippen LogP contribution is -2.59. The summed E-state index contributed by atoms with van der Waals surface area (Å²) >= 11 is 0. The molecular weight excluding hydrogens is 374 g/mol. The molecule has 1 amide bonds. The summed E-state index contributed by atoms with van der Waals surface area (Å²) in [6.07, 6.45) is -0.225. The van der Waals surface area contributed by atoms with E-state index < -0.39 is 40.8 Å². The lowest BCUT2D eigenvalue weighted by atomic mass is 9.95. The first-order valence-electron chi connectivity index (χ1n) is 8.58. The molecule has 0 spiro atoms. The van der Waals surface area contributed by atoms with Crippen molar-refractivity contribution in [3.63, 3.8) is 0 Å². The van der Waals surface area contributed by atoms with Gasteiger partial charge in [0.2, 0.25) is 11.2 Å². The Morgan fingerprint density at radius 3 is 2.82 bits per heavy atom. The van der Waals surface area contributed by atoms with Crippen LogP contribution in [0.2, 0.25) is 0 Å². The topological polar surface area (TPSA) is 125 Å². The van der Waals surface area contributed by atoms with Crippen molar-refractivity contribution in [2.45, 2.75) is 20.0 Å². The number of esters is 1. The molecule has 1 fully saturated rings. The maximum atomic E-state index is 12.8. The summed E-state index contributed by atoms with van der Waals surface area (Å²) in [5.41, 5.74) is 1.14. The predicted octanol–water partition coefficient (Wildman–Crippen LogP) is -0.0815. The fourth-order valence-corrected chi connectivity index (χ4v) is 2.86. The average Bonchev–Trinajstić information content (AvgIpc) is 2.68. The number of carbonyl (C=O) groups is 3. The number of hydrogen-bond acceptors (Lipinski definition) is 9. The number of pyridine rings is 1. The molecular formula is C17H21N3O8. The minimum Gasteiger partial charge on any atom is -0.469 e. The highest BCUT2D eigenvalue weighted by molar-refractivity contribution is 5.97. The van der Waals surface area contributed by atoms with Crippen LogP contribution in [0.4, 0.5) is 4.79 Å². The van der Waals surface area contributed by atoms with Gasteiger partial charge in [-0.15, -0.1) is 0 Å². The molecule has 11 heteroatoms. The third-order valence-corrected chi connectivity index (χ3v) is 4.41. The minimum atomic E-state index is -1.21. The van der Waals surface area contributed by atoms with E-state index in [4.69, 9.17) is 14.2 Å². The van der Waals surface area contributed by atoms with E-state index >= 15 is 0 Å². The van der Waals surface area contributed by atoms with Crippen molar-refractivity contribution < 1.29 is 33.3 Å². The maximum Gasteiger partial charge on any atom is 0.514 e. The number of methoxy groups -OCH3 is 1. The highest BCUT2D eigenvalue weighted by atomic mass is 16.7. The van der Waals surface area contributed by atoms with E-state index in [2.05, 4.69) is 10.2 Å². The molecule has 1 aromatic rings. The van der Waals surface area contributed by atoms with Crippen LogP contribution in [0.5, 0.6) is 5.75 Å². The van der Waals surface area contributed by atoms with E-state index in [1.165, 1.54) is 36.7 Å². The van der Waals surface area contributed by atoms with Crippen LogP contribution in [0.25, 0.3) is 0 Å². The van der Waals surface area contributed by atoms with Gasteiger partial charge in [-0.25, -0.2) is 4.79 Å². The summed E-state index contributed by atoms with van der Waals surface area (Å²) in [6, 6.07) is 1.16. The van der Waals surface area contributed by atoms with Gasteiger partial charge in [0.1, 0.15) is 12.8 Å². The SMILES string of the molecule is COC(=O)C(C)(C)COC(=O)Oc1c2n(ccc1=O)NC1COCCN1C2=O. The zero-order valence-electron chi connectivity index (χ0n) is 15.7. The van der Waals surface area contributed by atoms with Gasteiger partial charge >= 0.3 is 12.1 Å². The van der Waals surface area contributed by atoms with Crippen molar-refractivity contribution in [1.29, 1.82) is 0 Å². The van der Waals surface area contributed by atoms with Crippen LogP contribution in [0.3, 0.4) is 0 Å². The first-order valence-corrected chi connectivity index (χ1v) is 8.58. The number of rotatable bonds is 4. The van der Waals surface area contributed by atoms with Crippen LogP contribution >= 0.6 is 0 Å². The Bertz CT molecular complexity index is 862. The maximum absolute atomic E-state index is 12.8. The van der Waals surface area contributed by atoms with Crippen LogP contribution in [0.1, 0.15) is 24.3 Å². The van der Waals surface area contributed by atoms with Crippen molar-refractivity contribution in [2.24, 2.45) is 5.41 Å². The molecule has 152 valence electrons. The monoisotopic (exact) mass is 395 g/mol. The molecule has 1 N–H and O–H groups in total. The molecule has 28 heavy (non-hydrogen) atoms. The number of amides is 1. The molecule has 0 aromatic carbocycles. The zero-order valence-corrected chi connectivity index (χ0v) is 15.7. The molecule has 1 saturated heterocycles. The Balaban J connectivity index is 1.80. The third-order valence-electron chi connectivity index (χ3n) is 4.41. The molecule has 0 saturated carbocycles. The van der Waals surface area contributed by atoms with Crippen molar-refractivity contribution in [3.8, 4) is 5.75 Å². The van der Waals surface area contributed by atoms with Crippen LogP contribution in [-0.4, -0.2) is 67.2 Å². The second kappa shape index (κ2) is 7.50. The van der Waals surface area contributed by atoms with E-state index in [0.29, 0.717) is 13.2 Å². The molecule has 2 aliphatic rings. The standard InChI is InChI=1S/C17H21N3O8/c1-17(2,15(23)25-3)9-27-16(24)28-13-10(21)4-5-20-12(13)14(22)19-6-7-26-8-11(19)18-20/h4-5,11,18H,6-9H2,1-3H3. The fourth-order valence-electron chi connectivity index (χ4n) is 2.86. The van der Waals surface area contributed by atoms with Gasteiger partial charge in [0.25, 0.3) is 5.91 Å². The first kappa shape index (κ1) is 19.7. The Morgan fingerprint density at radius 1 is 1.36 bits per heavy atom. The Morgan fingerprint density at radius 2 is 2.11 bits per heavy atom. The summed E-state index contributed by atoms with van der Waals surface area (Å²) < 4.78 is 21.3. The normalized spacial score (nSPS) is 18.5. The Kier molecular flexibility index (Phi) is 5.27. The number of nitrogens with one attached hydrogen (secondary N) is 1. The number of hydrogen-bond donors (Lipinski definition) is 1. The van der Waals surface area contributed by atoms with E-state index in [1.54, 1.807) is 0 Å². The number of morpholine rings is 1. The summed E-state index contributed by atoms with van der Waals surface area (Å²) in [4.78, 5) is 50.3. The summed E-state index contributed by atoms with van der Waals surface area (Å²) in [6.45, 7) is 3.71. The van der Waals surface area contributed by atoms with Crippen molar-refractivity contribution in [2.75, 3.05) is 38.9 Å². The van der Waals surface area contributed by atoms with Crippen LogP contribution < -0.4 is 15.6 Å². The fraction of sp³-hybridized carbons (Fsp3) is 0.529. The summed E-state index contributed by atoms with van der Waals surface area (Å²) in [5.74, 6) is -1.50. The van der Waals surface area contributed by atoms with Gasteiger partial charge in [-0.3, -0.25) is 19.1 Å². The van der Waals surface area contributed by atoms with Crippen molar-refractivity contribution in [3.05, 3.63) is 28.2 Å². The molecule has 1 unspecified atom stereocenters. The molecule has 11 nitrogen and oxygen atoms in total. The second-order valence-corrected chi connectivity index (χ2v) is 6.96. The van der Waals surface area contributed by atoms with E-state index in [0.717, 1.165) is 6.07 Å². The molecule has 0 aliphatic carbocycles. The number of aromatic nitrogens is 1. The molecule has 1 aromatic heterocycles. The van der Waals surface area contributed by atoms with Crippen LogP contribution in [0, 0.1) is 5.41 Å². The number of nitrogens with zero attached hydrogens (tertiary/aromatic N) is 2.